The molecule has 1 fully saturated rings. The Balaban J connectivity index is 0.00000241. The highest BCUT2D eigenvalue weighted by molar-refractivity contribution is 5.88. The van der Waals surface area contributed by atoms with Crippen LogP contribution in [0.15, 0.2) is 59.7 Å². The number of aryl methyl sites for hydroxylation is 1. The molecule has 0 amide bonds. The smallest absolute Gasteiger partial charge is 0.347 e. The summed E-state index contributed by atoms with van der Waals surface area (Å²) in [5, 5.41) is 4.92. The minimum Gasteiger partial charge on any atom is -0.347 e. The number of nitrogens with one attached hydrogen (secondary N) is 1. The van der Waals surface area contributed by atoms with Crippen LogP contribution in [0.2, 0.25) is 0 Å². The number of aromatic nitrogens is 3. The van der Waals surface area contributed by atoms with Crippen molar-refractivity contribution in [2.75, 3.05) is 0 Å². The van der Waals surface area contributed by atoms with E-state index in [1.165, 1.54) is 35.2 Å². The lowest BCUT2D eigenvalue weighted by Gasteiger charge is -2.23. The average Bonchev–Trinajstić information content (AvgIpc) is 3.31. The molecule has 1 aromatic carbocycles. The highest BCUT2D eigenvalue weighted by Gasteiger charge is 2.36. The van der Waals surface area contributed by atoms with E-state index < -0.39 is 11.9 Å². The first-order chi connectivity index (χ1) is 15.8. The van der Waals surface area contributed by atoms with Gasteiger partial charge in [0.1, 0.15) is 5.69 Å². The summed E-state index contributed by atoms with van der Waals surface area (Å²) in [7, 11) is 2.08. The molecule has 2 aliphatic rings. The molecule has 0 spiro atoms. The molecule has 2 bridgehead atoms. The third-order valence-corrected chi connectivity index (χ3v) is 6.96. The molecule has 34 heavy (non-hydrogen) atoms. The van der Waals surface area contributed by atoms with Gasteiger partial charge >= 0.3 is 6.18 Å². The minimum atomic E-state index is -4.49. The van der Waals surface area contributed by atoms with E-state index in [9.17, 15) is 18.0 Å². The van der Waals surface area contributed by atoms with Gasteiger partial charge in [0.15, 0.2) is 0 Å². The van der Waals surface area contributed by atoms with Crippen LogP contribution in [0.3, 0.4) is 0 Å². The summed E-state index contributed by atoms with van der Waals surface area (Å²) in [5.74, 6) is 0. The van der Waals surface area contributed by atoms with Crippen LogP contribution in [0.4, 0.5) is 13.2 Å². The van der Waals surface area contributed by atoms with Crippen molar-refractivity contribution in [2.45, 2.75) is 37.5 Å². The Kier molecular flexibility index (Phi) is 5.33. The lowest BCUT2D eigenvalue weighted by molar-refractivity contribution is -0.141. The standard InChI is InChI=1S/C25H21F3N4O.ClH/c1-31-20-12-17(4-5-18(20)24-19-6-3-16(30-19)11-21(24)31)32-9-8-14(10-23(32)33)15-2-7-22(29-13-15)25(26,27)28;/h2,4-5,7-10,12-13,16,19,30H,3,6,11H2,1H3;1H. The number of hydrogen-bond donors (Lipinski definition) is 1. The van der Waals surface area contributed by atoms with Crippen molar-refractivity contribution in [3.63, 3.8) is 0 Å². The SMILES string of the molecule is Cl.Cn1c2c(c3ccc(-n4ccc(-c5ccc(C(F)(F)F)nc5)cc4=O)cc31)C1CCC(C2)N1. The van der Waals surface area contributed by atoms with E-state index in [0.717, 1.165) is 36.3 Å². The van der Waals surface area contributed by atoms with Gasteiger partial charge in [-0.05, 0) is 48.2 Å². The quantitative estimate of drug-likeness (QED) is 0.425. The second kappa shape index (κ2) is 7.99. The van der Waals surface area contributed by atoms with Crippen molar-refractivity contribution < 1.29 is 13.2 Å². The normalized spacial score (nSPS) is 19.2. The fourth-order valence-electron chi connectivity index (χ4n) is 5.34. The highest BCUT2D eigenvalue weighted by atomic mass is 35.5. The number of halogens is 4. The Labute approximate surface area is 199 Å². The molecule has 4 aromatic rings. The molecular formula is C25H22ClF3N4O. The highest BCUT2D eigenvalue weighted by Crippen LogP contribution is 2.41. The van der Waals surface area contributed by atoms with Crippen LogP contribution in [-0.2, 0) is 19.6 Å². The molecule has 5 heterocycles. The second-order valence-electron chi connectivity index (χ2n) is 8.87. The van der Waals surface area contributed by atoms with Gasteiger partial charge in [-0.2, -0.15) is 13.2 Å². The first-order valence-electron chi connectivity index (χ1n) is 10.9. The zero-order chi connectivity index (χ0) is 22.9. The number of hydrogen-bond acceptors (Lipinski definition) is 3. The van der Waals surface area contributed by atoms with Crippen molar-refractivity contribution in [3.05, 3.63) is 82.2 Å². The Hall–Kier alpha value is -3.10. The molecule has 1 saturated heterocycles. The molecule has 6 rings (SSSR count). The molecule has 0 aliphatic carbocycles. The predicted octanol–water partition coefficient (Wildman–Crippen LogP) is 5.18. The lowest BCUT2D eigenvalue weighted by Crippen LogP contribution is -2.32. The van der Waals surface area contributed by atoms with Crippen LogP contribution in [0, 0.1) is 0 Å². The van der Waals surface area contributed by atoms with Gasteiger partial charge in [0.25, 0.3) is 5.56 Å². The maximum atomic E-state index is 12.9. The predicted molar refractivity (Wildman–Crippen MR) is 127 cm³/mol. The van der Waals surface area contributed by atoms with Gasteiger partial charge in [-0.25, -0.2) is 0 Å². The number of pyridine rings is 2. The monoisotopic (exact) mass is 486 g/mol. The molecule has 2 unspecified atom stereocenters. The number of benzene rings is 1. The zero-order valence-corrected chi connectivity index (χ0v) is 19.1. The molecule has 176 valence electrons. The Bertz CT molecular complexity index is 1460. The first kappa shape index (κ1) is 22.7. The van der Waals surface area contributed by atoms with Crippen molar-refractivity contribution in [3.8, 4) is 16.8 Å². The number of nitrogens with zero attached hydrogens (tertiary/aromatic N) is 3. The van der Waals surface area contributed by atoms with E-state index in [1.54, 1.807) is 16.8 Å². The maximum absolute atomic E-state index is 12.9. The van der Waals surface area contributed by atoms with Crippen LogP contribution in [0.25, 0.3) is 27.7 Å². The largest absolute Gasteiger partial charge is 0.433 e. The molecule has 0 saturated carbocycles. The van der Waals surface area contributed by atoms with Crippen molar-refractivity contribution in [1.29, 1.82) is 0 Å². The second-order valence-corrected chi connectivity index (χ2v) is 8.87. The van der Waals surface area contributed by atoms with Gasteiger partial charge in [-0.1, -0.05) is 12.1 Å². The third kappa shape index (κ3) is 3.52. The van der Waals surface area contributed by atoms with E-state index in [2.05, 4.69) is 28.0 Å². The molecule has 3 aromatic heterocycles. The minimum absolute atomic E-state index is 0. The Morgan fingerprint density at radius 3 is 2.59 bits per heavy atom. The van der Waals surface area contributed by atoms with Crippen LogP contribution in [0.1, 0.15) is 35.8 Å². The summed E-state index contributed by atoms with van der Waals surface area (Å²) < 4.78 is 42.1. The maximum Gasteiger partial charge on any atom is 0.433 e. The summed E-state index contributed by atoms with van der Waals surface area (Å²) in [5.41, 5.74) is 4.36. The summed E-state index contributed by atoms with van der Waals surface area (Å²) in [6.07, 6.45) is 1.68. The number of fused-ring (bicyclic) bond motifs is 6. The van der Waals surface area contributed by atoms with E-state index in [0.29, 0.717) is 23.2 Å². The average molecular weight is 487 g/mol. The molecule has 9 heteroatoms. The topological polar surface area (TPSA) is 51.9 Å². The number of rotatable bonds is 2. The molecule has 0 radical (unpaired) electrons. The van der Waals surface area contributed by atoms with Gasteiger partial charge in [0, 0.05) is 60.7 Å². The number of alkyl halides is 3. The van der Waals surface area contributed by atoms with E-state index >= 15 is 0 Å². The van der Waals surface area contributed by atoms with E-state index in [1.807, 2.05) is 12.1 Å². The molecule has 1 N–H and O–H groups in total. The fraction of sp³-hybridized carbons (Fsp3) is 0.280. The van der Waals surface area contributed by atoms with Gasteiger partial charge in [-0.15, -0.1) is 12.4 Å². The third-order valence-electron chi connectivity index (χ3n) is 6.96. The van der Waals surface area contributed by atoms with Crippen LogP contribution in [0.5, 0.6) is 0 Å². The summed E-state index contributed by atoms with van der Waals surface area (Å²) in [6.45, 7) is 0. The lowest BCUT2D eigenvalue weighted by atomic mass is 9.99. The van der Waals surface area contributed by atoms with Crippen molar-refractivity contribution in [1.82, 2.24) is 19.4 Å². The molecule has 2 atom stereocenters. The zero-order valence-electron chi connectivity index (χ0n) is 18.3. The van der Waals surface area contributed by atoms with Gasteiger partial charge in [0.05, 0.1) is 11.2 Å². The van der Waals surface area contributed by atoms with E-state index in [-0.39, 0.29) is 18.0 Å². The summed E-state index contributed by atoms with van der Waals surface area (Å²) in [6, 6.07) is 12.4. The van der Waals surface area contributed by atoms with Crippen LogP contribution < -0.4 is 10.9 Å². The summed E-state index contributed by atoms with van der Waals surface area (Å²) >= 11 is 0. The van der Waals surface area contributed by atoms with Gasteiger partial charge in [-0.3, -0.25) is 14.3 Å². The van der Waals surface area contributed by atoms with Gasteiger partial charge in [0.2, 0.25) is 0 Å². The Morgan fingerprint density at radius 1 is 1.06 bits per heavy atom. The van der Waals surface area contributed by atoms with Crippen LogP contribution in [-0.4, -0.2) is 20.2 Å². The molecular weight excluding hydrogens is 465 g/mol. The molecule has 2 aliphatic heterocycles. The van der Waals surface area contributed by atoms with E-state index in [4.69, 9.17) is 0 Å². The summed E-state index contributed by atoms with van der Waals surface area (Å²) in [4.78, 5) is 16.4. The van der Waals surface area contributed by atoms with Gasteiger partial charge < -0.3 is 9.88 Å². The van der Waals surface area contributed by atoms with Crippen molar-refractivity contribution in [2.24, 2.45) is 7.05 Å². The Morgan fingerprint density at radius 2 is 1.88 bits per heavy atom. The molecule has 5 nitrogen and oxygen atoms in total. The van der Waals surface area contributed by atoms with Crippen LogP contribution >= 0.6 is 12.4 Å². The fourth-order valence-corrected chi connectivity index (χ4v) is 5.34. The first-order valence-corrected chi connectivity index (χ1v) is 10.9. The van der Waals surface area contributed by atoms with Crippen molar-refractivity contribution >= 4 is 23.3 Å².